The van der Waals surface area contributed by atoms with E-state index >= 15 is 0 Å². The number of rotatable bonds is 5. The van der Waals surface area contributed by atoms with Crippen molar-refractivity contribution < 1.29 is 4.74 Å². The van der Waals surface area contributed by atoms with Crippen molar-refractivity contribution in [1.82, 2.24) is 4.90 Å². The van der Waals surface area contributed by atoms with Crippen LogP contribution in [-0.4, -0.2) is 43.8 Å². The molecule has 0 aromatic heterocycles. The van der Waals surface area contributed by atoms with Crippen molar-refractivity contribution >= 4 is 5.69 Å². The molecule has 0 N–H and O–H groups in total. The van der Waals surface area contributed by atoms with Crippen molar-refractivity contribution in [3.05, 3.63) is 29.8 Å². The number of fused-ring (bicyclic) bond motifs is 1. The number of likely N-dealkylation sites (N-methyl/N-ethyl adjacent to an activating group) is 1. The van der Waals surface area contributed by atoms with Crippen LogP contribution in [-0.2, 0) is 11.3 Å². The van der Waals surface area contributed by atoms with Gasteiger partial charge in [-0.05, 0) is 31.9 Å². The van der Waals surface area contributed by atoms with Crippen LogP contribution in [0.4, 0.5) is 5.69 Å². The lowest BCUT2D eigenvalue weighted by Crippen LogP contribution is -2.41. The minimum atomic E-state index is 0.317. The zero-order valence-corrected chi connectivity index (χ0v) is 13.3. The summed E-state index contributed by atoms with van der Waals surface area (Å²) in [5.74, 6) is 0. The third-order valence-electron chi connectivity index (χ3n) is 4.08. The third-order valence-corrected chi connectivity index (χ3v) is 4.08. The van der Waals surface area contributed by atoms with Crippen molar-refractivity contribution in [2.24, 2.45) is 0 Å². The molecule has 0 bridgehead atoms. The molecule has 0 saturated heterocycles. The van der Waals surface area contributed by atoms with Gasteiger partial charge in [-0.25, -0.2) is 0 Å². The molecule has 1 aliphatic rings. The summed E-state index contributed by atoms with van der Waals surface area (Å²) < 4.78 is 5.74. The molecule has 0 amide bonds. The SMILES string of the molecule is CC[C@H]1CN(C)c2ccccc2CN1CCOC(C)C. The molecule has 1 aliphatic heterocycles. The molecule has 0 spiro atoms. The first-order valence-electron chi connectivity index (χ1n) is 7.76. The molecule has 0 radical (unpaired) electrons. The molecule has 1 aromatic carbocycles. The minimum Gasteiger partial charge on any atom is -0.377 e. The van der Waals surface area contributed by atoms with E-state index in [1.807, 2.05) is 0 Å². The van der Waals surface area contributed by atoms with Gasteiger partial charge in [-0.1, -0.05) is 25.1 Å². The molecule has 0 fully saturated rings. The zero-order chi connectivity index (χ0) is 14.5. The lowest BCUT2D eigenvalue weighted by Gasteiger charge is -2.30. The van der Waals surface area contributed by atoms with Crippen LogP contribution in [0, 0.1) is 0 Å². The Morgan fingerprint density at radius 1 is 1.30 bits per heavy atom. The van der Waals surface area contributed by atoms with Gasteiger partial charge >= 0.3 is 0 Å². The van der Waals surface area contributed by atoms with E-state index in [0.717, 1.165) is 26.2 Å². The highest BCUT2D eigenvalue weighted by atomic mass is 16.5. The van der Waals surface area contributed by atoms with Crippen molar-refractivity contribution in [2.75, 3.05) is 31.6 Å². The highest BCUT2D eigenvalue weighted by Crippen LogP contribution is 2.26. The molecule has 112 valence electrons. The van der Waals surface area contributed by atoms with Crippen LogP contribution in [0.1, 0.15) is 32.8 Å². The Labute approximate surface area is 123 Å². The molecular weight excluding hydrogens is 248 g/mol. The molecule has 3 heteroatoms. The summed E-state index contributed by atoms with van der Waals surface area (Å²) in [5, 5.41) is 0. The highest BCUT2D eigenvalue weighted by molar-refractivity contribution is 5.53. The van der Waals surface area contributed by atoms with Crippen LogP contribution >= 0.6 is 0 Å². The van der Waals surface area contributed by atoms with Gasteiger partial charge in [0.15, 0.2) is 0 Å². The Kier molecular flexibility index (Phi) is 5.44. The fourth-order valence-corrected chi connectivity index (χ4v) is 2.95. The summed E-state index contributed by atoms with van der Waals surface area (Å²) in [6.07, 6.45) is 1.50. The maximum Gasteiger partial charge on any atom is 0.0597 e. The van der Waals surface area contributed by atoms with E-state index in [0.29, 0.717) is 12.1 Å². The molecular formula is C17H28N2O. The van der Waals surface area contributed by atoms with Crippen LogP contribution in [0.25, 0.3) is 0 Å². The predicted octanol–water partition coefficient (Wildman–Crippen LogP) is 3.14. The summed E-state index contributed by atoms with van der Waals surface area (Å²) >= 11 is 0. The number of ether oxygens (including phenoxy) is 1. The largest absolute Gasteiger partial charge is 0.377 e. The fraction of sp³-hybridized carbons (Fsp3) is 0.647. The van der Waals surface area contributed by atoms with E-state index in [1.165, 1.54) is 17.7 Å². The molecule has 0 saturated carbocycles. The average molecular weight is 276 g/mol. The number of benzene rings is 1. The van der Waals surface area contributed by atoms with Crippen molar-refractivity contribution in [3.63, 3.8) is 0 Å². The number of hydrogen-bond acceptors (Lipinski definition) is 3. The monoisotopic (exact) mass is 276 g/mol. The van der Waals surface area contributed by atoms with E-state index in [4.69, 9.17) is 4.74 Å². The highest BCUT2D eigenvalue weighted by Gasteiger charge is 2.24. The van der Waals surface area contributed by atoms with Crippen molar-refractivity contribution in [3.8, 4) is 0 Å². The molecule has 0 aliphatic carbocycles. The van der Waals surface area contributed by atoms with Crippen LogP contribution < -0.4 is 4.90 Å². The Hall–Kier alpha value is -1.06. The van der Waals surface area contributed by atoms with Gasteiger partial charge in [0.2, 0.25) is 0 Å². The Morgan fingerprint density at radius 3 is 2.75 bits per heavy atom. The number of hydrogen-bond donors (Lipinski definition) is 0. The van der Waals surface area contributed by atoms with Gasteiger partial charge in [-0.15, -0.1) is 0 Å². The smallest absolute Gasteiger partial charge is 0.0597 e. The Morgan fingerprint density at radius 2 is 2.05 bits per heavy atom. The first kappa shape index (κ1) is 15.3. The Balaban J connectivity index is 2.10. The summed E-state index contributed by atoms with van der Waals surface area (Å²) in [5.41, 5.74) is 2.80. The van der Waals surface area contributed by atoms with Gasteiger partial charge < -0.3 is 9.64 Å². The van der Waals surface area contributed by atoms with Gasteiger partial charge in [0.05, 0.1) is 12.7 Å². The standard InChI is InChI=1S/C17H28N2O/c1-5-16-13-18(4)17-9-7-6-8-15(17)12-19(16)10-11-20-14(2)3/h6-9,14,16H,5,10-13H2,1-4H3/t16-/m0/s1. The van der Waals surface area contributed by atoms with Gasteiger partial charge in [0, 0.05) is 38.4 Å². The summed E-state index contributed by atoms with van der Waals surface area (Å²) in [6.45, 7) is 10.4. The quantitative estimate of drug-likeness (QED) is 0.821. The molecule has 1 heterocycles. The second-order valence-corrected chi connectivity index (χ2v) is 5.96. The summed E-state index contributed by atoms with van der Waals surface area (Å²) in [6, 6.07) is 9.36. The van der Waals surface area contributed by atoms with Gasteiger partial charge in [-0.2, -0.15) is 0 Å². The first-order chi connectivity index (χ1) is 9.61. The summed E-state index contributed by atoms with van der Waals surface area (Å²) in [4.78, 5) is 4.97. The molecule has 1 aromatic rings. The number of para-hydroxylation sites is 1. The number of nitrogens with zero attached hydrogens (tertiary/aromatic N) is 2. The lowest BCUT2D eigenvalue weighted by atomic mass is 10.1. The van der Waals surface area contributed by atoms with E-state index < -0.39 is 0 Å². The van der Waals surface area contributed by atoms with E-state index in [-0.39, 0.29) is 0 Å². The molecule has 1 atom stereocenters. The second kappa shape index (κ2) is 7.09. The van der Waals surface area contributed by atoms with Gasteiger partial charge in [0.1, 0.15) is 0 Å². The maximum atomic E-state index is 5.74. The minimum absolute atomic E-state index is 0.317. The molecule has 2 rings (SSSR count). The first-order valence-corrected chi connectivity index (χ1v) is 7.76. The normalized spacial score (nSPS) is 20.1. The van der Waals surface area contributed by atoms with Crippen LogP contribution in [0.3, 0.4) is 0 Å². The van der Waals surface area contributed by atoms with E-state index in [9.17, 15) is 0 Å². The van der Waals surface area contributed by atoms with Gasteiger partial charge in [0.25, 0.3) is 0 Å². The predicted molar refractivity (Wildman–Crippen MR) is 85.3 cm³/mol. The summed E-state index contributed by atoms with van der Waals surface area (Å²) in [7, 11) is 2.20. The van der Waals surface area contributed by atoms with Crippen LogP contribution in [0.2, 0.25) is 0 Å². The Bertz CT molecular complexity index is 419. The van der Waals surface area contributed by atoms with Crippen molar-refractivity contribution in [2.45, 2.75) is 45.9 Å². The van der Waals surface area contributed by atoms with Crippen molar-refractivity contribution in [1.29, 1.82) is 0 Å². The maximum absolute atomic E-state index is 5.74. The lowest BCUT2D eigenvalue weighted by molar-refractivity contribution is 0.0473. The zero-order valence-electron chi connectivity index (χ0n) is 13.3. The van der Waals surface area contributed by atoms with E-state index in [1.54, 1.807) is 0 Å². The van der Waals surface area contributed by atoms with Crippen LogP contribution in [0.15, 0.2) is 24.3 Å². The topological polar surface area (TPSA) is 15.7 Å². The molecule has 3 nitrogen and oxygen atoms in total. The molecule has 20 heavy (non-hydrogen) atoms. The van der Waals surface area contributed by atoms with E-state index in [2.05, 4.69) is 61.9 Å². The fourth-order valence-electron chi connectivity index (χ4n) is 2.95. The average Bonchev–Trinajstić information content (AvgIpc) is 2.56. The number of anilines is 1. The van der Waals surface area contributed by atoms with Gasteiger partial charge in [-0.3, -0.25) is 4.90 Å². The molecule has 0 unspecified atom stereocenters. The third kappa shape index (κ3) is 3.74. The van der Waals surface area contributed by atoms with Crippen LogP contribution in [0.5, 0.6) is 0 Å². The second-order valence-electron chi connectivity index (χ2n) is 5.96.